The second kappa shape index (κ2) is 7.27. The number of hydrogen-bond acceptors (Lipinski definition) is 4. The quantitative estimate of drug-likeness (QED) is 0.893. The van der Waals surface area contributed by atoms with Gasteiger partial charge in [0, 0.05) is 12.6 Å². The molecule has 1 aliphatic rings. The van der Waals surface area contributed by atoms with Crippen LogP contribution in [-0.2, 0) is 0 Å². The normalized spacial score (nSPS) is 17.1. The van der Waals surface area contributed by atoms with Crippen molar-refractivity contribution in [2.24, 2.45) is 0 Å². The Morgan fingerprint density at radius 1 is 1.39 bits per heavy atom. The van der Waals surface area contributed by atoms with Crippen LogP contribution in [0.4, 0.5) is 9.93 Å². The zero-order valence-corrected chi connectivity index (χ0v) is 14.2. The number of nitrogens with zero attached hydrogens (tertiary/aromatic N) is 2. The largest absolute Gasteiger partial charge is 0.392 e. The molecule has 3 rings (SSSR count). The average molecular weight is 333 g/mol. The molecule has 2 N–H and O–H groups in total. The van der Waals surface area contributed by atoms with Crippen molar-refractivity contribution in [1.29, 1.82) is 0 Å². The average Bonchev–Trinajstić information content (AvgIpc) is 2.95. The summed E-state index contributed by atoms with van der Waals surface area (Å²) >= 11 is 1.48. The molecule has 2 amide bonds. The van der Waals surface area contributed by atoms with Crippen LogP contribution in [0.5, 0.6) is 0 Å². The minimum absolute atomic E-state index is 0.156. The highest BCUT2D eigenvalue weighted by Gasteiger charge is 2.27. The van der Waals surface area contributed by atoms with Crippen molar-refractivity contribution in [2.45, 2.75) is 51.2 Å². The van der Waals surface area contributed by atoms with Crippen molar-refractivity contribution in [3.63, 3.8) is 0 Å². The Balaban J connectivity index is 1.73. The molecule has 2 aromatic rings. The topological polar surface area (TPSA) is 65.5 Å². The zero-order valence-electron chi connectivity index (χ0n) is 13.4. The van der Waals surface area contributed by atoms with Crippen LogP contribution in [-0.4, -0.2) is 39.7 Å². The maximum atomic E-state index is 12.7. The van der Waals surface area contributed by atoms with Gasteiger partial charge < -0.3 is 10.0 Å². The molecule has 1 heterocycles. The molecule has 1 aromatic carbocycles. The van der Waals surface area contributed by atoms with E-state index >= 15 is 0 Å². The molecule has 124 valence electrons. The Morgan fingerprint density at radius 2 is 2.13 bits per heavy atom. The molecular weight excluding hydrogens is 310 g/mol. The van der Waals surface area contributed by atoms with Crippen LogP contribution >= 0.6 is 11.3 Å². The molecule has 0 bridgehead atoms. The number of aliphatic hydroxyl groups is 1. The van der Waals surface area contributed by atoms with Crippen LogP contribution in [0, 0.1) is 0 Å². The molecule has 1 saturated carbocycles. The number of carbonyl (C=O) groups excluding carboxylic acids is 1. The third kappa shape index (κ3) is 4.00. The molecular formula is C17H23N3O2S. The van der Waals surface area contributed by atoms with Crippen molar-refractivity contribution < 1.29 is 9.90 Å². The van der Waals surface area contributed by atoms with E-state index in [1.165, 1.54) is 17.8 Å². The van der Waals surface area contributed by atoms with Crippen LogP contribution in [0.2, 0.25) is 0 Å². The number of amides is 2. The van der Waals surface area contributed by atoms with Gasteiger partial charge in [-0.2, -0.15) is 0 Å². The lowest BCUT2D eigenvalue weighted by Crippen LogP contribution is -2.47. The Labute approximate surface area is 140 Å². The molecule has 23 heavy (non-hydrogen) atoms. The van der Waals surface area contributed by atoms with E-state index in [-0.39, 0.29) is 12.1 Å². The first-order valence-corrected chi connectivity index (χ1v) is 9.06. The molecule has 1 aromatic heterocycles. The van der Waals surface area contributed by atoms with Gasteiger partial charge in [-0.1, -0.05) is 42.7 Å². The number of aliphatic hydroxyl groups excluding tert-OH is 1. The zero-order chi connectivity index (χ0) is 16.2. The summed E-state index contributed by atoms with van der Waals surface area (Å²) in [5, 5.41) is 13.3. The van der Waals surface area contributed by atoms with E-state index in [0.717, 1.165) is 35.9 Å². The standard InChI is InChI=1S/C17H23N3O2S/c1-12(21)11-20(13-7-3-2-4-8-13)17(22)19-16-18-14-9-5-6-10-15(14)23-16/h5-6,9-10,12-13,21H,2-4,7-8,11H2,1H3,(H,18,19,22)/t12-/m0/s1. The first kappa shape index (κ1) is 16.2. The molecule has 1 atom stereocenters. The summed E-state index contributed by atoms with van der Waals surface area (Å²) in [7, 11) is 0. The van der Waals surface area contributed by atoms with Crippen LogP contribution < -0.4 is 5.32 Å². The minimum atomic E-state index is -0.530. The highest BCUT2D eigenvalue weighted by molar-refractivity contribution is 7.22. The lowest BCUT2D eigenvalue weighted by molar-refractivity contribution is 0.105. The van der Waals surface area contributed by atoms with Gasteiger partial charge in [0.15, 0.2) is 5.13 Å². The van der Waals surface area contributed by atoms with Gasteiger partial charge in [0.25, 0.3) is 0 Å². The number of hydrogen-bond donors (Lipinski definition) is 2. The van der Waals surface area contributed by atoms with Gasteiger partial charge in [-0.05, 0) is 31.9 Å². The first-order valence-electron chi connectivity index (χ1n) is 8.25. The Morgan fingerprint density at radius 3 is 2.83 bits per heavy atom. The summed E-state index contributed by atoms with van der Waals surface area (Å²) < 4.78 is 1.06. The Hall–Kier alpha value is -1.66. The van der Waals surface area contributed by atoms with Gasteiger partial charge >= 0.3 is 6.03 Å². The van der Waals surface area contributed by atoms with E-state index in [1.54, 1.807) is 11.8 Å². The van der Waals surface area contributed by atoms with Crippen LogP contribution in [0.1, 0.15) is 39.0 Å². The predicted octanol–water partition coefficient (Wildman–Crippen LogP) is 3.84. The van der Waals surface area contributed by atoms with Gasteiger partial charge in [-0.15, -0.1) is 0 Å². The van der Waals surface area contributed by atoms with Crippen molar-refractivity contribution in [1.82, 2.24) is 9.88 Å². The van der Waals surface area contributed by atoms with E-state index in [0.29, 0.717) is 11.7 Å². The maximum Gasteiger partial charge on any atom is 0.323 e. The molecule has 5 nitrogen and oxygen atoms in total. The number of aromatic nitrogens is 1. The number of nitrogens with one attached hydrogen (secondary N) is 1. The second-order valence-corrected chi connectivity index (χ2v) is 7.24. The van der Waals surface area contributed by atoms with Gasteiger partial charge in [-0.25, -0.2) is 9.78 Å². The fraction of sp³-hybridized carbons (Fsp3) is 0.529. The minimum Gasteiger partial charge on any atom is -0.392 e. The predicted molar refractivity (Wildman–Crippen MR) is 93.9 cm³/mol. The van der Waals surface area contributed by atoms with E-state index in [4.69, 9.17) is 0 Å². The van der Waals surface area contributed by atoms with Gasteiger partial charge in [0.1, 0.15) is 0 Å². The summed E-state index contributed by atoms with van der Waals surface area (Å²) in [6.07, 6.45) is 5.03. The lowest BCUT2D eigenvalue weighted by Gasteiger charge is -2.34. The Kier molecular flexibility index (Phi) is 5.13. The van der Waals surface area contributed by atoms with Gasteiger partial charge in [0.05, 0.1) is 16.3 Å². The molecule has 0 spiro atoms. The van der Waals surface area contributed by atoms with E-state index in [2.05, 4.69) is 10.3 Å². The number of anilines is 1. The maximum absolute atomic E-state index is 12.7. The molecule has 0 unspecified atom stereocenters. The highest BCUT2D eigenvalue weighted by atomic mass is 32.1. The van der Waals surface area contributed by atoms with Crippen molar-refractivity contribution >= 4 is 32.7 Å². The fourth-order valence-corrected chi connectivity index (χ4v) is 4.02. The SMILES string of the molecule is C[C@H](O)CN(C(=O)Nc1nc2ccccc2s1)C1CCCCC1. The third-order valence-electron chi connectivity index (χ3n) is 4.25. The van der Waals surface area contributed by atoms with Crippen LogP contribution in [0.25, 0.3) is 10.2 Å². The Bertz CT molecular complexity index is 632. The van der Waals surface area contributed by atoms with Crippen molar-refractivity contribution in [2.75, 3.05) is 11.9 Å². The monoisotopic (exact) mass is 333 g/mol. The number of urea groups is 1. The smallest absolute Gasteiger partial charge is 0.323 e. The summed E-state index contributed by atoms with van der Waals surface area (Å²) in [5.74, 6) is 0. The molecule has 0 saturated heterocycles. The third-order valence-corrected chi connectivity index (χ3v) is 5.20. The van der Waals surface area contributed by atoms with Crippen LogP contribution in [0.3, 0.4) is 0 Å². The summed E-state index contributed by atoms with van der Waals surface area (Å²) in [6.45, 7) is 2.09. The number of fused-ring (bicyclic) bond motifs is 1. The van der Waals surface area contributed by atoms with Crippen LogP contribution in [0.15, 0.2) is 24.3 Å². The van der Waals surface area contributed by atoms with Crippen molar-refractivity contribution in [3.05, 3.63) is 24.3 Å². The first-order chi connectivity index (χ1) is 11.1. The lowest BCUT2D eigenvalue weighted by atomic mass is 9.94. The van der Waals surface area contributed by atoms with Gasteiger partial charge in [-0.3, -0.25) is 5.32 Å². The second-order valence-electron chi connectivity index (χ2n) is 6.21. The number of benzene rings is 1. The summed E-state index contributed by atoms with van der Waals surface area (Å²) in [4.78, 5) is 18.9. The van der Waals surface area contributed by atoms with E-state index < -0.39 is 6.10 Å². The number of carbonyl (C=O) groups is 1. The molecule has 1 fully saturated rings. The number of thiazole rings is 1. The van der Waals surface area contributed by atoms with E-state index in [9.17, 15) is 9.90 Å². The fourth-order valence-electron chi connectivity index (χ4n) is 3.16. The summed E-state index contributed by atoms with van der Waals surface area (Å²) in [5.41, 5.74) is 0.896. The molecule has 0 aliphatic heterocycles. The number of para-hydroxylation sites is 1. The van der Waals surface area contributed by atoms with E-state index in [1.807, 2.05) is 24.3 Å². The molecule has 0 radical (unpaired) electrons. The highest BCUT2D eigenvalue weighted by Crippen LogP contribution is 2.27. The summed E-state index contributed by atoms with van der Waals surface area (Å²) in [6, 6.07) is 7.90. The number of rotatable bonds is 4. The molecule has 6 heteroatoms. The van der Waals surface area contributed by atoms with Gasteiger partial charge in [0.2, 0.25) is 0 Å². The van der Waals surface area contributed by atoms with Crippen molar-refractivity contribution in [3.8, 4) is 0 Å². The molecule has 1 aliphatic carbocycles.